The predicted octanol–water partition coefficient (Wildman–Crippen LogP) is 3.34. The first-order valence-electron chi connectivity index (χ1n) is 6.36. The Morgan fingerprint density at radius 1 is 1.32 bits per heavy atom. The molecule has 2 N–H and O–H groups in total. The van der Waals surface area contributed by atoms with Crippen LogP contribution in [0.1, 0.15) is 29.2 Å². The number of nitrogens with zero attached hydrogens (tertiary/aromatic N) is 1. The maximum Gasteiger partial charge on any atom is 0.321 e. The van der Waals surface area contributed by atoms with Crippen LogP contribution in [0.2, 0.25) is 0 Å². The van der Waals surface area contributed by atoms with Gasteiger partial charge in [0.25, 0.3) is 0 Å². The summed E-state index contributed by atoms with van der Waals surface area (Å²) in [4.78, 5) is 17.2. The fraction of sp³-hybridized carbons (Fsp3) is 0.286. The summed E-state index contributed by atoms with van der Waals surface area (Å²) >= 11 is 1.57. The Morgan fingerprint density at radius 3 is 2.84 bits per heavy atom. The molecule has 0 atom stereocenters. The van der Waals surface area contributed by atoms with Gasteiger partial charge in [-0.1, -0.05) is 30.3 Å². The van der Waals surface area contributed by atoms with Gasteiger partial charge in [-0.05, 0) is 24.3 Å². The molecule has 98 valence electrons. The summed E-state index contributed by atoms with van der Waals surface area (Å²) < 4.78 is 0. The number of carbonyl (C=O) groups is 1. The fourth-order valence-corrected chi connectivity index (χ4v) is 2.80. The molecular formula is C14H15N3OS. The first kappa shape index (κ1) is 12.2. The zero-order chi connectivity index (χ0) is 13.1. The van der Waals surface area contributed by atoms with Crippen molar-refractivity contribution in [3.8, 4) is 0 Å². The van der Waals surface area contributed by atoms with Crippen molar-refractivity contribution in [2.24, 2.45) is 0 Å². The van der Waals surface area contributed by atoms with Crippen molar-refractivity contribution in [3.63, 3.8) is 0 Å². The van der Waals surface area contributed by atoms with E-state index in [1.165, 1.54) is 17.7 Å². The van der Waals surface area contributed by atoms with Gasteiger partial charge in [0.15, 0.2) is 5.13 Å². The molecule has 5 heteroatoms. The van der Waals surface area contributed by atoms with E-state index in [2.05, 4.69) is 15.6 Å². The van der Waals surface area contributed by atoms with Gasteiger partial charge in [-0.15, -0.1) is 11.3 Å². The highest BCUT2D eigenvalue weighted by Gasteiger charge is 2.25. The Balaban J connectivity index is 1.50. The molecule has 2 aromatic rings. The molecule has 2 amide bonds. The van der Waals surface area contributed by atoms with Crippen LogP contribution in [0.5, 0.6) is 0 Å². The van der Waals surface area contributed by atoms with Gasteiger partial charge in [0, 0.05) is 17.6 Å². The Bertz CT molecular complexity index is 563. The standard InChI is InChI=1S/C14H15N3OS/c18-13(15-8-10-4-2-1-3-5-10)17-14-16-9-12(19-14)11-6-7-11/h1-5,9,11H,6-8H2,(H2,15,16,17,18). The second kappa shape index (κ2) is 5.40. The lowest BCUT2D eigenvalue weighted by Gasteiger charge is -2.05. The first-order valence-corrected chi connectivity index (χ1v) is 7.17. The van der Waals surface area contributed by atoms with Gasteiger partial charge in [0.2, 0.25) is 0 Å². The molecule has 0 saturated heterocycles. The molecule has 1 saturated carbocycles. The average molecular weight is 273 g/mol. The Morgan fingerprint density at radius 2 is 2.11 bits per heavy atom. The number of hydrogen-bond donors (Lipinski definition) is 2. The van der Waals surface area contributed by atoms with Crippen LogP contribution in [0.25, 0.3) is 0 Å². The average Bonchev–Trinajstić information content (AvgIpc) is 3.19. The molecule has 19 heavy (non-hydrogen) atoms. The highest BCUT2D eigenvalue weighted by atomic mass is 32.1. The molecule has 3 rings (SSSR count). The third-order valence-corrected chi connectivity index (χ3v) is 4.09. The van der Waals surface area contributed by atoms with Gasteiger partial charge in [-0.3, -0.25) is 5.32 Å². The van der Waals surface area contributed by atoms with Crippen LogP contribution < -0.4 is 10.6 Å². The molecule has 1 aromatic carbocycles. The minimum atomic E-state index is -0.208. The number of nitrogens with one attached hydrogen (secondary N) is 2. The number of carbonyl (C=O) groups excluding carboxylic acids is 1. The number of aromatic nitrogens is 1. The second-order valence-electron chi connectivity index (χ2n) is 4.64. The molecule has 0 spiro atoms. The number of hydrogen-bond acceptors (Lipinski definition) is 3. The van der Waals surface area contributed by atoms with Crippen LogP contribution >= 0.6 is 11.3 Å². The van der Waals surface area contributed by atoms with E-state index in [1.54, 1.807) is 11.3 Å². The van der Waals surface area contributed by atoms with Crippen molar-refractivity contribution in [3.05, 3.63) is 47.0 Å². The SMILES string of the molecule is O=C(NCc1ccccc1)Nc1ncc(C2CC2)s1. The molecule has 1 heterocycles. The molecule has 4 nitrogen and oxygen atoms in total. The van der Waals surface area contributed by atoms with Crippen LogP contribution in [0.15, 0.2) is 36.5 Å². The van der Waals surface area contributed by atoms with Crippen molar-refractivity contribution in [2.45, 2.75) is 25.3 Å². The zero-order valence-corrected chi connectivity index (χ0v) is 11.2. The van der Waals surface area contributed by atoms with E-state index in [-0.39, 0.29) is 6.03 Å². The maximum absolute atomic E-state index is 11.7. The Labute approximate surface area is 115 Å². The molecule has 1 aliphatic carbocycles. The monoisotopic (exact) mass is 273 g/mol. The number of benzene rings is 1. The van der Waals surface area contributed by atoms with Crippen LogP contribution in [-0.2, 0) is 6.54 Å². The third kappa shape index (κ3) is 3.32. The Hall–Kier alpha value is -1.88. The highest BCUT2D eigenvalue weighted by Crippen LogP contribution is 2.43. The second-order valence-corrected chi connectivity index (χ2v) is 5.70. The summed E-state index contributed by atoms with van der Waals surface area (Å²) in [7, 11) is 0. The molecule has 1 aliphatic rings. The van der Waals surface area contributed by atoms with Crippen molar-refractivity contribution >= 4 is 22.5 Å². The van der Waals surface area contributed by atoms with E-state index < -0.39 is 0 Å². The van der Waals surface area contributed by atoms with E-state index in [9.17, 15) is 4.79 Å². The summed E-state index contributed by atoms with van der Waals surface area (Å²) in [6.45, 7) is 0.521. The highest BCUT2D eigenvalue weighted by molar-refractivity contribution is 7.15. The summed E-state index contributed by atoms with van der Waals surface area (Å²) in [5.74, 6) is 0.681. The van der Waals surface area contributed by atoms with E-state index in [4.69, 9.17) is 0 Å². The lowest BCUT2D eigenvalue weighted by atomic mass is 10.2. The quantitative estimate of drug-likeness (QED) is 0.897. The van der Waals surface area contributed by atoms with Gasteiger partial charge < -0.3 is 5.32 Å². The van der Waals surface area contributed by atoms with Crippen molar-refractivity contribution in [2.75, 3.05) is 5.32 Å². The molecule has 0 unspecified atom stereocenters. The van der Waals surface area contributed by atoms with E-state index in [0.29, 0.717) is 17.6 Å². The van der Waals surface area contributed by atoms with Gasteiger partial charge >= 0.3 is 6.03 Å². The molecule has 0 radical (unpaired) electrons. The largest absolute Gasteiger partial charge is 0.334 e. The summed E-state index contributed by atoms with van der Waals surface area (Å²) in [6.07, 6.45) is 4.37. The minimum absolute atomic E-state index is 0.208. The lowest BCUT2D eigenvalue weighted by Crippen LogP contribution is -2.28. The summed E-state index contributed by atoms with van der Waals surface area (Å²) in [5.41, 5.74) is 1.08. The maximum atomic E-state index is 11.7. The van der Waals surface area contributed by atoms with E-state index >= 15 is 0 Å². The van der Waals surface area contributed by atoms with E-state index in [0.717, 1.165) is 5.56 Å². The number of thiazole rings is 1. The van der Waals surface area contributed by atoms with Gasteiger partial charge in [0.05, 0.1) is 0 Å². The van der Waals surface area contributed by atoms with Crippen LogP contribution in [0, 0.1) is 0 Å². The number of anilines is 1. The van der Waals surface area contributed by atoms with Gasteiger partial charge in [-0.25, -0.2) is 9.78 Å². The van der Waals surface area contributed by atoms with Gasteiger partial charge in [0.1, 0.15) is 0 Å². The summed E-state index contributed by atoms with van der Waals surface area (Å²) in [5, 5.41) is 6.26. The number of amides is 2. The van der Waals surface area contributed by atoms with E-state index in [1.807, 2.05) is 36.5 Å². The third-order valence-electron chi connectivity index (χ3n) is 3.02. The molecule has 1 fully saturated rings. The van der Waals surface area contributed by atoms with Crippen molar-refractivity contribution in [1.29, 1.82) is 0 Å². The van der Waals surface area contributed by atoms with Crippen molar-refractivity contribution in [1.82, 2.24) is 10.3 Å². The topological polar surface area (TPSA) is 54.0 Å². The lowest BCUT2D eigenvalue weighted by molar-refractivity contribution is 0.251. The zero-order valence-electron chi connectivity index (χ0n) is 10.4. The molecule has 0 aliphatic heterocycles. The smallest absolute Gasteiger partial charge is 0.321 e. The minimum Gasteiger partial charge on any atom is -0.334 e. The fourth-order valence-electron chi connectivity index (χ4n) is 1.82. The van der Waals surface area contributed by atoms with Gasteiger partial charge in [-0.2, -0.15) is 0 Å². The van der Waals surface area contributed by atoms with Crippen molar-refractivity contribution < 1.29 is 4.79 Å². The van der Waals surface area contributed by atoms with Crippen LogP contribution in [0.3, 0.4) is 0 Å². The molecule has 0 bridgehead atoms. The normalized spacial score (nSPS) is 14.1. The van der Waals surface area contributed by atoms with Crippen LogP contribution in [-0.4, -0.2) is 11.0 Å². The molecular weight excluding hydrogens is 258 g/mol. The summed E-state index contributed by atoms with van der Waals surface area (Å²) in [6, 6.07) is 9.62. The first-order chi connectivity index (χ1) is 9.31. The number of urea groups is 1. The van der Waals surface area contributed by atoms with Crippen LogP contribution in [0.4, 0.5) is 9.93 Å². The predicted molar refractivity (Wildman–Crippen MR) is 76.4 cm³/mol. The Kier molecular flexibility index (Phi) is 3.46. The number of rotatable bonds is 4. The molecule has 1 aromatic heterocycles.